The maximum atomic E-state index is 10.6. The third-order valence-electron chi connectivity index (χ3n) is 2.17. The Labute approximate surface area is 99.3 Å². The third-order valence-corrected chi connectivity index (χ3v) is 2.17. The van der Waals surface area contributed by atoms with Crippen LogP contribution in [0, 0.1) is 0 Å². The van der Waals surface area contributed by atoms with E-state index in [0.717, 1.165) is 5.56 Å². The molecule has 0 aromatic heterocycles. The monoisotopic (exact) mass is 240 g/mol. The average Bonchev–Trinajstić information content (AvgIpc) is 2.30. The molecule has 1 aromatic carbocycles. The predicted molar refractivity (Wildman–Crippen MR) is 62.1 cm³/mol. The van der Waals surface area contributed by atoms with Gasteiger partial charge in [-0.15, -0.1) is 0 Å². The number of carbonyl (C=O) groups excluding carboxylic acids is 1. The highest BCUT2D eigenvalue weighted by molar-refractivity contribution is 5.75. The standard InChI is InChI=1S/C11H16N2O4/c1-16-8-3-7(5-13-6-10(12)14)4-9(17-2)11(8)15/h3-4,13,15H,5-6H2,1-2H3,(H2,12,14). The van der Waals surface area contributed by atoms with Crippen molar-refractivity contribution in [2.45, 2.75) is 6.54 Å². The van der Waals surface area contributed by atoms with Crippen molar-refractivity contribution in [3.05, 3.63) is 17.7 Å². The quantitative estimate of drug-likeness (QED) is 0.650. The smallest absolute Gasteiger partial charge is 0.231 e. The predicted octanol–water partition coefficient (Wildman–Crippen LogP) is -0.0157. The number of phenols is 1. The summed E-state index contributed by atoms with van der Waals surface area (Å²) >= 11 is 0. The minimum absolute atomic E-state index is 0.0475. The minimum Gasteiger partial charge on any atom is -0.502 e. The van der Waals surface area contributed by atoms with Gasteiger partial charge in [-0.05, 0) is 17.7 Å². The fourth-order valence-corrected chi connectivity index (χ4v) is 1.38. The van der Waals surface area contributed by atoms with Crippen LogP contribution in [0.2, 0.25) is 0 Å². The molecule has 0 unspecified atom stereocenters. The summed E-state index contributed by atoms with van der Waals surface area (Å²) < 4.78 is 10.0. The maximum absolute atomic E-state index is 10.6. The Kier molecular flexibility index (Phi) is 4.59. The number of phenolic OH excluding ortho intramolecular Hbond substituents is 1. The fraction of sp³-hybridized carbons (Fsp3) is 0.364. The topological polar surface area (TPSA) is 93.8 Å². The molecule has 0 saturated carbocycles. The first-order chi connectivity index (χ1) is 8.08. The van der Waals surface area contributed by atoms with Crippen molar-refractivity contribution in [2.75, 3.05) is 20.8 Å². The molecule has 0 bridgehead atoms. The molecule has 6 heteroatoms. The van der Waals surface area contributed by atoms with Crippen LogP contribution in [0.25, 0.3) is 0 Å². The largest absolute Gasteiger partial charge is 0.502 e. The van der Waals surface area contributed by atoms with Crippen LogP contribution >= 0.6 is 0 Å². The summed E-state index contributed by atoms with van der Waals surface area (Å²) in [7, 11) is 2.91. The van der Waals surface area contributed by atoms with E-state index < -0.39 is 5.91 Å². The lowest BCUT2D eigenvalue weighted by Crippen LogP contribution is -2.28. The van der Waals surface area contributed by atoms with Gasteiger partial charge in [0.1, 0.15) is 0 Å². The highest BCUT2D eigenvalue weighted by Gasteiger charge is 2.10. The molecule has 0 heterocycles. The van der Waals surface area contributed by atoms with Crippen molar-refractivity contribution >= 4 is 5.91 Å². The van der Waals surface area contributed by atoms with E-state index in [0.29, 0.717) is 18.0 Å². The van der Waals surface area contributed by atoms with Gasteiger partial charge in [0, 0.05) is 6.54 Å². The fourth-order valence-electron chi connectivity index (χ4n) is 1.38. The average molecular weight is 240 g/mol. The Balaban J connectivity index is 2.82. The molecule has 0 fully saturated rings. The van der Waals surface area contributed by atoms with Crippen molar-refractivity contribution in [1.29, 1.82) is 0 Å². The van der Waals surface area contributed by atoms with Gasteiger partial charge in [-0.2, -0.15) is 0 Å². The molecule has 1 amide bonds. The molecule has 0 aliphatic carbocycles. The van der Waals surface area contributed by atoms with Crippen LogP contribution in [0.3, 0.4) is 0 Å². The first-order valence-electron chi connectivity index (χ1n) is 5.01. The number of methoxy groups -OCH3 is 2. The molecule has 1 rings (SSSR count). The van der Waals surface area contributed by atoms with Crippen LogP contribution < -0.4 is 20.5 Å². The SMILES string of the molecule is COc1cc(CNCC(N)=O)cc(OC)c1O. The van der Waals surface area contributed by atoms with Gasteiger partial charge in [0.05, 0.1) is 20.8 Å². The molecular formula is C11H16N2O4. The number of carbonyl (C=O) groups is 1. The second-order valence-corrected chi connectivity index (χ2v) is 3.42. The lowest BCUT2D eigenvalue weighted by molar-refractivity contribution is -0.117. The van der Waals surface area contributed by atoms with E-state index in [2.05, 4.69) is 5.32 Å². The molecule has 94 valence electrons. The molecule has 6 nitrogen and oxygen atoms in total. The summed E-state index contributed by atoms with van der Waals surface area (Å²) in [6.45, 7) is 0.515. The van der Waals surface area contributed by atoms with E-state index in [1.807, 2.05) is 0 Å². The van der Waals surface area contributed by atoms with Gasteiger partial charge in [0.15, 0.2) is 11.5 Å². The summed E-state index contributed by atoms with van der Waals surface area (Å²) in [5, 5.41) is 12.5. The highest BCUT2D eigenvalue weighted by Crippen LogP contribution is 2.36. The van der Waals surface area contributed by atoms with Crippen LogP contribution in [-0.2, 0) is 11.3 Å². The Bertz CT molecular complexity index is 381. The second-order valence-electron chi connectivity index (χ2n) is 3.42. The first-order valence-corrected chi connectivity index (χ1v) is 5.01. The van der Waals surface area contributed by atoms with Crippen molar-refractivity contribution in [3.63, 3.8) is 0 Å². The number of ether oxygens (including phenoxy) is 2. The summed E-state index contributed by atoms with van der Waals surface area (Å²) in [5.41, 5.74) is 5.82. The summed E-state index contributed by atoms with van der Waals surface area (Å²) in [5.74, 6) is 0.164. The number of nitrogens with one attached hydrogen (secondary N) is 1. The number of benzene rings is 1. The van der Waals surface area contributed by atoms with Crippen molar-refractivity contribution in [2.24, 2.45) is 5.73 Å². The molecule has 0 atom stereocenters. The van der Waals surface area contributed by atoms with Gasteiger partial charge in [-0.3, -0.25) is 4.79 Å². The van der Waals surface area contributed by atoms with E-state index in [-0.39, 0.29) is 12.3 Å². The van der Waals surface area contributed by atoms with Gasteiger partial charge < -0.3 is 25.6 Å². The van der Waals surface area contributed by atoms with Crippen molar-refractivity contribution in [3.8, 4) is 17.2 Å². The number of amides is 1. The van der Waals surface area contributed by atoms with Gasteiger partial charge in [-0.1, -0.05) is 0 Å². The summed E-state index contributed by atoms with van der Waals surface area (Å²) in [4.78, 5) is 10.6. The molecule has 1 aromatic rings. The molecule has 0 radical (unpaired) electrons. The van der Waals surface area contributed by atoms with E-state index >= 15 is 0 Å². The zero-order valence-corrected chi connectivity index (χ0v) is 9.82. The molecule has 0 spiro atoms. The molecule has 0 saturated heterocycles. The molecular weight excluding hydrogens is 224 g/mol. The van der Waals surface area contributed by atoms with Crippen LogP contribution in [0.1, 0.15) is 5.56 Å². The van der Waals surface area contributed by atoms with Gasteiger partial charge >= 0.3 is 0 Å². The van der Waals surface area contributed by atoms with E-state index in [4.69, 9.17) is 15.2 Å². The number of hydrogen-bond acceptors (Lipinski definition) is 5. The maximum Gasteiger partial charge on any atom is 0.231 e. The van der Waals surface area contributed by atoms with Crippen molar-refractivity contribution < 1.29 is 19.4 Å². The number of aromatic hydroxyl groups is 1. The van der Waals surface area contributed by atoms with Crippen LogP contribution in [0.4, 0.5) is 0 Å². The van der Waals surface area contributed by atoms with Crippen LogP contribution in [0.5, 0.6) is 17.2 Å². The Morgan fingerprint density at radius 3 is 2.29 bits per heavy atom. The normalized spacial score (nSPS) is 10.0. The molecule has 0 aliphatic rings. The zero-order chi connectivity index (χ0) is 12.8. The Morgan fingerprint density at radius 2 is 1.88 bits per heavy atom. The van der Waals surface area contributed by atoms with Crippen molar-refractivity contribution in [1.82, 2.24) is 5.32 Å². The lowest BCUT2D eigenvalue weighted by atomic mass is 10.2. The lowest BCUT2D eigenvalue weighted by Gasteiger charge is -2.11. The summed E-state index contributed by atoms with van der Waals surface area (Å²) in [6.07, 6.45) is 0. The molecule has 0 aliphatic heterocycles. The second kappa shape index (κ2) is 5.95. The Hall–Kier alpha value is -1.95. The van der Waals surface area contributed by atoms with Crippen LogP contribution in [-0.4, -0.2) is 31.8 Å². The van der Waals surface area contributed by atoms with Crippen LogP contribution in [0.15, 0.2) is 12.1 Å². The number of primary amides is 1. The van der Waals surface area contributed by atoms with E-state index in [1.165, 1.54) is 14.2 Å². The minimum atomic E-state index is -0.428. The molecule has 4 N–H and O–H groups in total. The molecule has 17 heavy (non-hydrogen) atoms. The number of hydrogen-bond donors (Lipinski definition) is 3. The third kappa shape index (κ3) is 3.53. The van der Waals surface area contributed by atoms with Gasteiger partial charge in [-0.25, -0.2) is 0 Å². The van der Waals surface area contributed by atoms with E-state index in [1.54, 1.807) is 12.1 Å². The highest BCUT2D eigenvalue weighted by atomic mass is 16.5. The summed E-state index contributed by atoms with van der Waals surface area (Å²) in [6, 6.07) is 3.32. The number of rotatable bonds is 6. The van der Waals surface area contributed by atoms with E-state index in [9.17, 15) is 9.90 Å². The first kappa shape index (κ1) is 13.1. The zero-order valence-electron chi connectivity index (χ0n) is 9.82. The van der Waals surface area contributed by atoms with Gasteiger partial charge in [0.2, 0.25) is 11.7 Å². The van der Waals surface area contributed by atoms with Gasteiger partial charge in [0.25, 0.3) is 0 Å². The Morgan fingerprint density at radius 1 is 1.35 bits per heavy atom. The number of nitrogens with two attached hydrogens (primary N) is 1.